The summed E-state index contributed by atoms with van der Waals surface area (Å²) in [6, 6.07) is 12.6. The van der Waals surface area contributed by atoms with Crippen LogP contribution in [0.25, 0.3) is 10.2 Å². The van der Waals surface area contributed by atoms with Crippen LogP contribution in [0.5, 0.6) is 0 Å². The SMILES string of the molecule is O=C(Nc1nc2ccccc2s1)N[C@H]1CC(=O)N(c2ccc(F)cc2)C1. The van der Waals surface area contributed by atoms with Crippen LogP contribution in [0, 0.1) is 5.82 Å². The van der Waals surface area contributed by atoms with Crippen LogP contribution in [0.3, 0.4) is 0 Å². The third-order valence-electron chi connectivity index (χ3n) is 4.11. The number of para-hydroxylation sites is 1. The zero-order valence-corrected chi connectivity index (χ0v) is 14.4. The molecule has 1 aliphatic heterocycles. The van der Waals surface area contributed by atoms with Gasteiger partial charge < -0.3 is 10.2 Å². The molecule has 0 saturated carbocycles. The van der Waals surface area contributed by atoms with E-state index in [2.05, 4.69) is 15.6 Å². The summed E-state index contributed by atoms with van der Waals surface area (Å²) in [7, 11) is 0. The summed E-state index contributed by atoms with van der Waals surface area (Å²) in [4.78, 5) is 30.3. The Kier molecular flexibility index (Phi) is 4.26. The summed E-state index contributed by atoms with van der Waals surface area (Å²) in [6.07, 6.45) is 0.199. The van der Waals surface area contributed by atoms with Crippen molar-refractivity contribution < 1.29 is 14.0 Å². The van der Waals surface area contributed by atoms with Crippen LogP contribution in [0.2, 0.25) is 0 Å². The molecule has 0 aliphatic carbocycles. The molecule has 132 valence electrons. The Morgan fingerprint density at radius 3 is 2.73 bits per heavy atom. The highest BCUT2D eigenvalue weighted by Crippen LogP contribution is 2.25. The van der Waals surface area contributed by atoms with E-state index in [0.717, 1.165) is 10.2 Å². The van der Waals surface area contributed by atoms with Crippen molar-refractivity contribution in [2.45, 2.75) is 12.5 Å². The van der Waals surface area contributed by atoms with E-state index >= 15 is 0 Å². The molecule has 1 aromatic heterocycles. The van der Waals surface area contributed by atoms with E-state index in [1.54, 1.807) is 17.0 Å². The fraction of sp³-hybridized carbons (Fsp3) is 0.167. The molecule has 2 heterocycles. The molecule has 2 aromatic carbocycles. The number of urea groups is 1. The van der Waals surface area contributed by atoms with Crippen LogP contribution in [-0.2, 0) is 4.79 Å². The molecular formula is C18H15FN4O2S. The first-order chi connectivity index (χ1) is 12.6. The number of carbonyl (C=O) groups is 2. The molecule has 1 atom stereocenters. The average molecular weight is 370 g/mol. The molecule has 0 bridgehead atoms. The molecule has 6 nitrogen and oxygen atoms in total. The number of anilines is 2. The molecule has 2 N–H and O–H groups in total. The molecule has 0 unspecified atom stereocenters. The lowest BCUT2D eigenvalue weighted by atomic mass is 10.2. The zero-order valence-electron chi connectivity index (χ0n) is 13.6. The van der Waals surface area contributed by atoms with Gasteiger partial charge in [0, 0.05) is 18.7 Å². The maximum atomic E-state index is 13.0. The quantitative estimate of drug-likeness (QED) is 0.742. The van der Waals surface area contributed by atoms with Crippen LogP contribution >= 0.6 is 11.3 Å². The smallest absolute Gasteiger partial charge is 0.321 e. The summed E-state index contributed by atoms with van der Waals surface area (Å²) in [5.74, 6) is -0.466. The number of nitrogens with zero attached hydrogens (tertiary/aromatic N) is 2. The highest BCUT2D eigenvalue weighted by Gasteiger charge is 2.31. The first-order valence-corrected chi connectivity index (χ1v) is 8.89. The van der Waals surface area contributed by atoms with Crippen molar-refractivity contribution in [3.63, 3.8) is 0 Å². The van der Waals surface area contributed by atoms with Gasteiger partial charge in [0.25, 0.3) is 0 Å². The number of halogens is 1. The Morgan fingerprint density at radius 2 is 1.96 bits per heavy atom. The van der Waals surface area contributed by atoms with Gasteiger partial charge in [0.15, 0.2) is 5.13 Å². The zero-order chi connectivity index (χ0) is 18.1. The summed E-state index contributed by atoms with van der Waals surface area (Å²) in [5, 5.41) is 6.01. The van der Waals surface area contributed by atoms with E-state index in [0.29, 0.717) is 17.4 Å². The van der Waals surface area contributed by atoms with Crippen molar-refractivity contribution in [3.05, 3.63) is 54.3 Å². The highest BCUT2D eigenvalue weighted by molar-refractivity contribution is 7.22. The Morgan fingerprint density at radius 1 is 1.19 bits per heavy atom. The van der Waals surface area contributed by atoms with E-state index in [-0.39, 0.29) is 24.2 Å². The molecule has 1 aliphatic rings. The van der Waals surface area contributed by atoms with Crippen LogP contribution < -0.4 is 15.5 Å². The first-order valence-electron chi connectivity index (χ1n) is 8.07. The monoisotopic (exact) mass is 370 g/mol. The molecule has 0 radical (unpaired) electrons. The fourth-order valence-corrected chi connectivity index (χ4v) is 3.78. The molecule has 0 spiro atoms. The van der Waals surface area contributed by atoms with Gasteiger partial charge in [-0.3, -0.25) is 10.1 Å². The topological polar surface area (TPSA) is 74.3 Å². The van der Waals surface area contributed by atoms with Crippen molar-refractivity contribution in [3.8, 4) is 0 Å². The fourth-order valence-electron chi connectivity index (χ4n) is 2.92. The second-order valence-corrected chi connectivity index (χ2v) is 7.00. The Bertz CT molecular complexity index is 940. The van der Waals surface area contributed by atoms with Gasteiger partial charge in [0.05, 0.1) is 16.3 Å². The number of hydrogen-bond acceptors (Lipinski definition) is 4. The molecule has 26 heavy (non-hydrogen) atoms. The summed E-state index contributed by atoms with van der Waals surface area (Å²) < 4.78 is 14.0. The third-order valence-corrected chi connectivity index (χ3v) is 5.06. The molecular weight excluding hydrogens is 355 g/mol. The summed E-state index contributed by atoms with van der Waals surface area (Å²) >= 11 is 1.39. The van der Waals surface area contributed by atoms with E-state index in [4.69, 9.17) is 0 Å². The Hall–Kier alpha value is -3.00. The van der Waals surface area contributed by atoms with Gasteiger partial charge in [-0.15, -0.1) is 0 Å². The largest absolute Gasteiger partial charge is 0.333 e. The molecule has 1 fully saturated rings. The van der Waals surface area contributed by atoms with E-state index in [1.807, 2.05) is 24.3 Å². The average Bonchev–Trinajstić information content (AvgIpc) is 3.18. The normalized spacial score (nSPS) is 16.9. The second-order valence-electron chi connectivity index (χ2n) is 5.97. The van der Waals surface area contributed by atoms with Gasteiger partial charge in [0.1, 0.15) is 5.82 Å². The number of thiazole rings is 1. The Labute approximate surface area is 152 Å². The van der Waals surface area contributed by atoms with Crippen LogP contribution in [0.1, 0.15) is 6.42 Å². The van der Waals surface area contributed by atoms with E-state index < -0.39 is 6.03 Å². The van der Waals surface area contributed by atoms with E-state index in [1.165, 1.54) is 23.5 Å². The number of nitrogens with one attached hydrogen (secondary N) is 2. The van der Waals surface area contributed by atoms with Gasteiger partial charge in [-0.1, -0.05) is 23.5 Å². The number of fused-ring (bicyclic) bond motifs is 1. The number of carbonyl (C=O) groups excluding carboxylic acids is 2. The minimum Gasteiger partial charge on any atom is -0.333 e. The van der Waals surface area contributed by atoms with Gasteiger partial charge in [-0.2, -0.15) is 0 Å². The molecule has 8 heteroatoms. The highest BCUT2D eigenvalue weighted by atomic mass is 32.1. The van der Waals surface area contributed by atoms with Crippen LogP contribution in [-0.4, -0.2) is 29.5 Å². The van der Waals surface area contributed by atoms with Crippen molar-refractivity contribution in [2.24, 2.45) is 0 Å². The van der Waals surface area contributed by atoms with Crippen molar-refractivity contribution in [1.29, 1.82) is 0 Å². The van der Waals surface area contributed by atoms with Gasteiger partial charge in [-0.05, 0) is 36.4 Å². The van der Waals surface area contributed by atoms with Crippen LogP contribution in [0.4, 0.5) is 20.0 Å². The van der Waals surface area contributed by atoms with Gasteiger partial charge >= 0.3 is 6.03 Å². The lowest BCUT2D eigenvalue weighted by Crippen LogP contribution is -2.39. The summed E-state index contributed by atoms with van der Waals surface area (Å²) in [5.41, 5.74) is 1.44. The molecule has 3 amide bonds. The number of hydrogen-bond donors (Lipinski definition) is 2. The summed E-state index contributed by atoms with van der Waals surface area (Å²) in [6.45, 7) is 0.345. The number of rotatable bonds is 3. The predicted octanol–water partition coefficient (Wildman–Crippen LogP) is 3.36. The van der Waals surface area contributed by atoms with E-state index in [9.17, 15) is 14.0 Å². The predicted molar refractivity (Wildman–Crippen MR) is 98.9 cm³/mol. The lowest BCUT2D eigenvalue weighted by molar-refractivity contribution is -0.117. The Balaban J connectivity index is 1.38. The van der Waals surface area contributed by atoms with Crippen molar-refractivity contribution >= 4 is 44.3 Å². The van der Waals surface area contributed by atoms with Gasteiger partial charge in [0.2, 0.25) is 5.91 Å². The third kappa shape index (κ3) is 3.36. The maximum absolute atomic E-state index is 13.0. The van der Waals surface area contributed by atoms with Crippen LogP contribution in [0.15, 0.2) is 48.5 Å². The number of aromatic nitrogens is 1. The maximum Gasteiger partial charge on any atom is 0.321 e. The second kappa shape index (κ2) is 6.72. The standard InChI is InChI=1S/C18H15FN4O2S/c19-11-5-7-13(8-6-11)23-10-12(9-16(23)24)20-17(25)22-18-21-14-3-1-2-4-15(14)26-18/h1-8,12H,9-10H2,(H2,20,21,22,25)/t12-/m0/s1. The minimum atomic E-state index is -0.400. The van der Waals surface area contributed by atoms with Crippen molar-refractivity contribution in [2.75, 3.05) is 16.8 Å². The number of amides is 3. The minimum absolute atomic E-state index is 0.109. The molecule has 3 aromatic rings. The molecule has 1 saturated heterocycles. The molecule has 4 rings (SSSR count). The van der Waals surface area contributed by atoms with Gasteiger partial charge in [-0.25, -0.2) is 14.2 Å². The number of benzene rings is 2. The van der Waals surface area contributed by atoms with Crippen molar-refractivity contribution in [1.82, 2.24) is 10.3 Å². The first kappa shape index (κ1) is 16.5. The lowest BCUT2D eigenvalue weighted by Gasteiger charge is -2.17.